The fraction of sp³-hybridized carbons (Fsp3) is 0.600. The number of ether oxygens (including phenoxy) is 1. The smallest absolute Gasteiger partial charge is 0.342 e. The van der Waals surface area contributed by atoms with Crippen molar-refractivity contribution in [2.24, 2.45) is 7.05 Å². The summed E-state index contributed by atoms with van der Waals surface area (Å²) in [5.41, 5.74) is 1.74. The van der Waals surface area contributed by atoms with Crippen LogP contribution in [0.1, 0.15) is 55.4 Å². The Bertz CT molecular complexity index is 655. The Kier molecular flexibility index (Phi) is 4.22. The number of esters is 1. The lowest BCUT2D eigenvalue weighted by Crippen LogP contribution is -2.13. The third kappa shape index (κ3) is 2.75. The number of aryl methyl sites for hydroxylation is 1. The summed E-state index contributed by atoms with van der Waals surface area (Å²) in [4.78, 5) is 12.0. The van der Waals surface area contributed by atoms with Crippen LogP contribution in [-0.2, 0) is 11.8 Å². The van der Waals surface area contributed by atoms with E-state index < -0.39 is 0 Å². The normalized spacial score (nSPS) is 15.9. The van der Waals surface area contributed by atoms with E-state index >= 15 is 0 Å². The Hall–Kier alpha value is -2.18. The van der Waals surface area contributed by atoms with Crippen LogP contribution >= 0.6 is 0 Å². The van der Waals surface area contributed by atoms with E-state index in [1.165, 1.54) is 25.5 Å². The van der Waals surface area contributed by atoms with E-state index in [0.29, 0.717) is 29.6 Å². The quantitative estimate of drug-likeness (QED) is 0.811. The Morgan fingerprint density at radius 2 is 2.14 bits per heavy atom. The fourth-order valence-corrected chi connectivity index (χ4v) is 3.01. The van der Waals surface area contributed by atoms with Crippen LogP contribution in [0.3, 0.4) is 0 Å². The molecular formula is C15H21N5O2. The van der Waals surface area contributed by atoms with E-state index in [-0.39, 0.29) is 5.97 Å². The summed E-state index contributed by atoms with van der Waals surface area (Å²) < 4.78 is 8.65. The maximum Gasteiger partial charge on any atom is 0.342 e. The number of carbonyl (C=O) groups excluding carboxylic acids is 1. The molecule has 3 rings (SSSR count). The highest BCUT2D eigenvalue weighted by molar-refractivity contribution is 5.95. The molecule has 0 spiro atoms. The molecule has 7 heteroatoms. The van der Waals surface area contributed by atoms with Gasteiger partial charge in [0, 0.05) is 7.05 Å². The van der Waals surface area contributed by atoms with E-state index in [9.17, 15) is 4.79 Å². The topological polar surface area (TPSA) is 74.8 Å². The molecule has 0 radical (unpaired) electrons. The molecule has 0 aromatic carbocycles. The molecule has 22 heavy (non-hydrogen) atoms. The van der Waals surface area contributed by atoms with Crippen molar-refractivity contribution in [3.8, 4) is 11.4 Å². The molecule has 1 fully saturated rings. The molecule has 0 saturated heterocycles. The van der Waals surface area contributed by atoms with E-state index in [1.807, 2.05) is 10.9 Å². The molecule has 0 unspecified atom stereocenters. The van der Waals surface area contributed by atoms with Crippen LogP contribution in [0.2, 0.25) is 0 Å². The minimum atomic E-state index is -0.377. The summed E-state index contributed by atoms with van der Waals surface area (Å²) in [5.74, 6) is -0.377. The molecule has 0 amide bonds. The molecule has 2 aromatic heterocycles. The molecule has 1 aliphatic carbocycles. The third-order valence-electron chi connectivity index (χ3n) is 4.14. The molecule has 0 aliphatic heterocycles. The van der Waals surface area contributed by atoms with Gasteiger partial charge in [-0.2, -0.15) is 5.10 Å². The molecule has 0 N–H and O–H groups in total. The van der Waals surface area contributed by atoms with Gasteiger partial charge in [0.15, 0.2) is 0 Å². The number of carbonyl (C=O) groups is 1. The minimum absolute atomic E-state index is 0.335. The van der Waals surface area contributed by atoms with Gasteiger partial charge in [-0.3, -0.25) is 4.68 Å². The lowest BCUT2D eigenvalue weighted by Gasteiger charge is -2.20. The van der Waals surface area contributed by atoms with Gasteiger partial charge in [0.2, 0.25) is 0 Å². The monoisotopic (exact) mass is 303 g/mol. The maximum atomic E-state index is 12.0. The van der Waals surface area contributed by atoms with Gasteiger partial charge in [-0.1, -0.05) is 24.5 Å². The molecule has 1 saturated carbocycles. The number of rotatable bonds is 4. The van der Waals surface area contributed by atoms with Gasteiger partial charge < -0.3 is 4.74 Å². The largest absolute Gasteiger partial charge is 0.462 e. The fourth-order valence-electron chi connectivity index (χ4n) is 3.01. The van der Waals surface area contributed by atoms with Crippen LogP contribution in [-0.4, -0.2) is 37.4 Å². The Morgan fingerprint density at radius 3 is 2.86 bits per heavy atom. The summed E-state index contributed by atoms with van der Waals surface area (Å²) in [5, 5.41) is 12.7. The second-order valence-corrected chi connectivity index (χ2v) is 5.63. The Labute approximate surface area is 129 Å². The molecule has 0 bridgehead atoms. The summed E-state index contributed by atoms with van der Waals surface area (Å²) in [7, 11) is 1.79. The first-order valence-corrected chi connectivity index (χ1v) is 7.82. The summed E-state index contributed by atoms with van der Waals surface area (Å²) in [6, 6.07) is 0.411. The standard InChI is InChI=1S/C15H21N5O2/c1-3-22-15(21)12-9-16-19(2)14(12)13-10-20(18-17-13)11-7-5-4-6-8-11/h9-11H,3-8H2,1-2H3. The van der Waals surface area contributed by atoms with Crippen molar-refractivity contribution in [1.82, 2.24) is 24.8 Å². The van der Waals surface area contributed by atoms with Crippen molar-refractivity contribution in [2.45, 2.75) is 45.1 Å². The van der Waals surface area contributed by atoms with Gasteiger partial charge in [-0.15, -0.1) is 5.10 Å². The van der Waals surface area contributed by atoms with Crippen molar-refractivity contribution in [3.63, 3.8) is 0 Å². The second-order valence-electron chi connectivity index (χ2n) is 5.63. The minimum Gasteiger partial charge on any atom is -0.462 e. The van der Waals surface area contributed by atoms with Gasteiger partial charge in [0.05, 0.1) is 25.0 Å². The number of aromatic nitrogens is 5. The van der Waals surface area contributed by atoms with Gasteiger partial charge in [-0.05, 0) is 19.8 Å². The zero-order valence-electron chi connectivity index (χ0n) is 13.0. The molecule has 2 aromatic rings. The molecule has 0 atom stereocenters. The summed E-state index contributed by atoms with van der Waals surface area (Å²) in [6.45, 7) is 2.12. The SMILES string of the molecule is CCOC(=O)c1cnn(C)c1-c1cn(C2CCCCC2)nn1. The Morgan fingerprint density at radius 1 is 1.36 bits per heavy atom. The molecule has 2 heterocycles. The van der Waals surface area contributed by atoms with Crippen LogP contribution < -0.4 is 0 Å². The highest BCUT2D eigenvalue weighted by Crippen LogP contribution is 2.29. The number of hydrogen-bond acceptors (Lipinski definition) is 5. The zero-order valence-corrected chi connectivity index (χ0v) is 13.0. The van der Waals surface area contributed by atoms with Crippen molar-refractivity contribution >= 4 is 5.97 Å². The third-order valence-corrected chi connectivity index (χ3v) is 4.14. The van der Waals surface area contributed by atoms with Crippen molar-refractivity contribution in [2.75, 3.05) is 6.61 Å². The first-order valence-electron chi connectivity index (χ1n) is 7.82. The van der Waals surface area contributed by atoms with E-state index in [1.54, 1.807) is 18.7 Å². The van der Waals surface area contributed by atoms with Crippen molar-refractivity contribution in [3.05, 3.63) is 18.0 Å². The van der Waals surface area contributed by atoms with E-state index in [2.05, 4.69) is 15.4 Å². The van der Waals surface area contributed by atoms with Gasteiger partial charge in [-0.25, -0.2) is 9.48 Å². The Balaban J connectivity index is 1.89. The summed E-state index contributed by atoms with van der Waals surface area (Å²) in [6.07, 6.45) is 9.48. The predicted octanol–water partition coefficient (Wildman–Crippen LogP) is 2.36. The van der Waals surface area contributed by atoms with Crippen LogP contribution in [0.4, 0.5) is 0 Å². The van der Waals surface area contributed by atoms with E-state index in [0.717, 1.165) is 12.8 Å². The van der Waals surface area contributed by atoms with Crippen LogP contribution in [0, 0.1) is 0 Å². The average molecular weight is 303 g/mol. The highest BCUT2D eigenvalue weighted by Gasteiger charge is 2.23. The van der Waals surface area contributed by atoms with Crippen molar-refractivity contribution < 1.29 is 9.53 Å². The van der Waals surface area contributed by atoms with E-state index in [4.69, 9.17) is 4.74 Å². The van der Waals surface area contributed by atoms with Crippen LogP contribution in [0.5, 0.6) is 0 Å². The van der Waals surface area contributed by atoms with Gasteiger partial charge in [0.25, 0.3) is 0 Å². The predicted molar refractivity (Wildman–Crippen MR) is 80.3 cm³/mol. The number of nitrogens with zero attached hydrogens (tertiary/aromatic N) is 5. The average Bonchev–Trinajstić information content (AvgIpc) is 3.15. The zero-order chi connectivity index (χ0) is 15.5. The van der Waals surface area contributed by atoms with Crippen molar-refractivity contribution in [1.29, 1.82) is 0 Å². The van der Waals surface area contributed by atoms with Gasteiger partial charge in [0.1, 0.15) is 17.0 Å². The molecule has 1 aliphatic rings. The first kappa shape index (κ1) is 14.7. The first-order chi connectivity index (χ1) is 10.7. The lowest BCUT2D eigenvalue weighted by atomic mass is 9.96. The van der Waals surface area contributed by atoms with Gasteiger partial charge >= 0.3 is 5.97 Å². The molecular weight excluding hydrogens is 282 g/mol. The lowest BCUT2D eigenvalue weighted by molar-refractivity contribution is 0.0527. The molecule has 118 valence electrons. The second kappa shape index (κ2) is 6.29. The molecule has 7 nitrogen and oxygen atoms in total. The van der Waals surface area contributed by atoms with Crippen LogP contribution in [0.15, 0.2) is 12.4 Å². The summed E-state index contributed by atoms with van der Waals surface area (Å²) >= 11 is 0. The highest BCUT2D eigenvalue weighted by atomic mass is 16.5. The number of hydrogen-bond donors (Lipinski definition) is 0. The maximum absolute atomic E-state index is 12.0. The van der Waals surface area contributed by atoms with Crippen LogP contribution in [0.25, 0.3) is 11.4 Å².